The number of nitrogens with one attached hydrogen (secondary N) is 1. The molecule has 5 heteroatoms. The van der Waals surface area contributed by atoms with E-state index in [1.54, 1.807) is 0 Å². The molecule has 1 fully saturated rings. The lowest BCUT2D eigenvalue weighted by molar-refractivity contribution is 0.0948. The van der Waals surface area contributed by atoms with Crippen LogP contribution in [0.25, 0.3) is 0 Å². The van der Waals surface area contributed by atoms with E-state index in [1.807, 2.05) is 0 Å². The van der Waals surface area contributed by atoms with Gasteiger partial charge in [-0.2, -0.15) is 0 Å². The van der Waals surface area contributed by atoms with Crippen molar-refractivity contribution < 1.29 is 9.18 Å². The predicted octanol–water partition coefficient (Wildman–Crippen LogP) is 2.70. The molecule has 2 rings (SSSR count). The lowest BCUT2D eigenvalue weighted by atomic mass is 10.2. The molecule has 3 nitrogen and oxygen atoms in total. The largest absolute Gasteiger partial charge is 0.396 e. The standard InChI is InChI=1S/C12H14BrFN2O/c1-2-6-3-11(6)16-12(17)7-4-10(15)9(14)5-8(7)13/h4-6,11H,2-3,15H2,1H3,(H,16,17). The van der Waals surface area contributed by atoms with Crippen molar-refractivity contribution in [3.8, 4) is 0 Å². The van der Waals surface area contributed by atoms with E-state index in [1.165, 1.54) is 12.1 Å². The van der Waals surface area contributed by atoms with Crippen LogP contribution >= 0.6 is 15.9 Å². The van der Waals surface area contributed by atoms with Crippen molar-refractivity contribution in [2.45, 2.75) is 25.8 Å². The van der Waals surface area contributed by atoms with Gasteiger partial charge in [-0.1, -0.05) is 13.3 Å². The van der Waals surface area contributed by atoms with Crippen molar-refractivity contribution in [2.75, 3.05) is 5.73 Å². The van der Waals surface area contributed by atoms with Crippen LogP contribution in [0.3, 0.4) is 0 Å². The number of hydrogen-bond acceptors (Lipinski definition) is 2. The van der Waals surface area contributed by atoms with Crippen LogP contribution in [-0.2, 0) is 0 Å². The SMILES string of the molecule is CCC1CC1NC(=O)c1cc(N)c(F)cc1Br. The Morgan fingerprint density at radius 1 is 1.65 bits per heavy atom. The number of amides is 1. The first-order chi connectivity index (χ1) is 8.02. The molecule has 0 heterocycles. The zero-order valence-corrected chi connectivity index (χ0v) is 11.1. The minimum absolute atomic E-state index is 0.0128. The fraction of sp³-hybridized carbons (Fsp3) is 0.417. The van der Waals surface area contributed by atoms with Gasteiger partial charge >= 0.3 is 0 Å². The molecule has 0 spiro atoms. The van der Waals surface area contributed by atoms with Gasteiger partial charge in [0.05, 0.1) is 11.3 Å². The van der Waals surface area contributed by atoms with Gasteiger partial charge in [-0.15, -0.1) is 0 Å². The number of carbonyl (C=O) groups excluding carboxylic acids is 1. The summed E-state index contributed by atoms with van der Waals surface area (Å²) in [7, 11) is 0. The van der Waals surface area contributed by atoms with Crippen molar-refractivity contribution in [3.05, 3.63) is 28.0 Å². The van der Waals surface area contributed by atoms with E-state index in [4.69, 9.17) is 5.73 Å². The molecule has 1 aromatic carbocycles. The summed E-state index contributed by atoms with van der Waals surface area (Å²) in [5, 5.41) is 2.91. The summed E-state index contributed by atoms with van der Waals surface area (Å²) in [6.07, 6.45) is 2.09. The maximum absolute atomic E-state index is 13.1. The Morgan fingerprint density at radius 2 is 2.35 bits per heavy atom. The highest BCUT2D eigenvalue weighted by Gasteiger charge is 2.36. The third-order valence-electron chi connectivity index (χ3n) is 3.09. The van der Waals surface area contributed by atoms with E-state index in [0.717, 1.165) is 12.8 Å². The minimum atomic E-state index is -0.522. The molecular formula is C12H14BrFN2O. The maximum atomic E-state index is 13.1. The zero-order valence-electron chi connectivity index (χ0n) is 9.47. The number of benzene rings is 1. The van der Waals surface area contributed by atoms with Gasteiger partial charge in [0.15, 0.2) is 0 Å². The fourth-order valence-corrected chi connectivity index (χ4v) is 2.36. The summed E-state index contributed by atoms with van der Waals surface area (Å²) in [6.45, 7) is 2.10. The summed E-state index contributed by atoms with van der Waals surface area (Å²) in [6, 6.07) is 2.83. The molecule has 1 saturated carbocycles. The second kappa shape index (κ2) is 4.64. The average molecular weight is 301 g/mol. The Hall–Kier alpha value is -1.10. The second-order valence-corrected chi connectivity index (χ2v) is 5.19. The summed E-state index contributed by atoms with van der Waals surface area (Å²) < 4.78 is 13.6. The highest BCUT2D eigenvalue weighted by Crippen LogP contribution is 2.33. The molecule has 0 radical (unpaired) electrons. The van der Waals surface area contributed by atoms with Gasteiger partial charge in [0, 0.05) is 10.5 Å². The van der Waals surface area contributed by atoms with Crippen molar-refractivity contribution in [1.29, 1.82) is 0 Å². The summed E-state index contributed by atoms with van der Waals surface area (Å²) in [5.74, 6) is -0.147. The van der Waals surface area contributed by atoms with Crippen LogP contribution in [0.4, 0.5) is 10.1 Å². The quantitative estimate of drug-likeness (QED) is 0.843. The van der Waals surface area contributed by atoms with Crippen LogP contribution in [-0.4, -0.2) is 11.9 Å². The van der Waals surface area contributed by atoms with Gasteiger partial charge in [0.2, 0.25) is 0 Å². The molecule has 0 bridgehead atoms. The van der Waals surface area contributed by atoms with Gasteiger partial charge in [0.1, 0.15) is 5.82 Å². The van der Waals surface area contributed by atoms with Gasteiger partial charge < -0.3 is 11.1 Å². The number of nitrogens with two attached hydrogens (primary N) is 1. The predicted molar refractivity (Wildman–Crippen MR) is 68.2 cm³/mol. The monoisotopic (exact) mass is 300 g/mol. The number of halogens is 2. The van der Waals surface area contributed by atoms with Crippen LogP contribution in [0.5, 0.6) is 0 Å². The molecule has 0 aromatic heterocycles. The van der Waals surface area contributed by atoms with E-state index in [2.05, 4.69) is 28.2 Å². The van der Waals surface area contributed by atoms with Crippen LogP contribution in [0.2, 0.25) is 0 Å². The Kier molecular flexibility index (Phi) is 3.38. The first kappa shape index (κ1) is 12.4. The van der Waals surface area contributed by atoms with E-state index in [9.17, 15) is 9.18 Å². The maximum Gasteiger partial charge on any atom is 0.252 e. The van der Waals surface area contributed by atoms with Crippen LogP contribution in [0.15, 0.2) is 16.6 Å². The molecular weight excluding hydrogens is 287 g/mol. The van der Waals surface area contributed by atoms with E-state index >= 15 is 0 Å². The highest BCUT2D eigenvalue weighted by atomic mass is 79.9. The van der Waals surface area contributed by atoms with Gasteiger partial charge in [-0.25, -0.2) is 4.39 Å². The van der Waals surface area contributed by atoms with Crippen molar-refractivity contribution >= 4 is 27.5 Å². The van der Waals surface area contributed by atoms with E-state index in [-0.39, 0.29) is 17.6 Å². The van der Waals surface area contributed by atoms with Crippen LogP contribution in [0.1, 0.15) is 30.1 Å². The number of anilines is 1. The number of hydrogen-bond donors (Lipinski definition) is 2. The van der Waals surface area contributed by atoms with Gasteiger partial charge in [-0.05, 0) is 40.4 Å². The summed E-state index contributed by atoms with van der Waals surface area (Å²) in [4.78, 5) is 11.9. The molecule has 17 heavy (non-hydrogen) atoms. The summed E-state index contributed by atoms with van der Waals surface area (Å²) in [5.41, 5.74) is 5.82. The normalized spacial score (nSPS) is 22.3. The topological polar surface area (TPSA) is 55.1 Å². The lowest BCUT2D eigenvalue weighted by Gasteiger charge is -2.08. The Bertz CT molecular complexity index is 464. The highest BCUT2D eigenvalue weighted by molar-refractivity contribution is 9.10. The molecule has 1 aliphatic carbocycles. The van der Waals surface area contributed by atoms with Crippen LogP contribution < -0.4 is 11.1 Å². The fourth-order valence-electron chi connectivity index (χ4n) is 1.86. The van der Waals surface area contributed by atoms with Gasteiger partial charge in [-0.3, -0.25) is 4.79 Å². The Morgan fingerprint density at radius 3 is 2.94 bits per heavy atom. The number of rotatable bonds is 3. The van der Waals surface area contributed by atoms with Crippen molar-refractivity contribution in [3.63, 3.8) is 0 Å². The minimum Gasteiger partial charge on any atom is -0.396 e. The molecule has 0 saturated heterocycles. The Balaban J connectivity index is 2.12. The molecule has 1 aromatic rings. The Labute approximate surface area is 108 Å². The molecule has 3 N–H and O–H groups in total. The smallest absolute Gasteiger partial charge is 0.252 e. The van der Waals surface area contributed by atoms with Gasteiger partial charge in [0.25, 0.3) is 5.91 Å². The van der Waals surface area contributed by atoms with Crippen molar-refractivity contribution in [2.24, 2.45) is 5.92 Å². The molecule has 2 atom stereocenters. The second-order valence-electron chi connectivity index (χ2n) is 4.34. The third kappa shape index (κ3) is 2.60. The first-order valence-electron chi connectivity index (χ1n) is 5.58. The molecule has 2 unspecified atom stereocenters. The molecule has 1 amide bonds. The molecule has 92 valence electrons. The zero-order chi connectivity index (χ0) is 12.6. The van der Waals surface area contributed by atoms with E-state index < -0.39 is 5.82 Å². The van der Waals surface area contributed by atoms with Crippen molar-refractivity contribution in [1.82, 2.24) is 5.32 Å². The third-order valence-corrected chi connectivity index (χ3v) is 3.75. The van der Waals surface area contributed by atoms with E-state index in [0.29, 0.717) is 16.0 Å². The first-order valence-corrected chi connectivity index (χ1v) is 6.37. The average Bonchev–Trinajstić information content (AvgIpc) is 3.01. The lowest BCUT2D eigenvalue weighted by Crippen LogP contribution is -2.27. The van der Waals surface area contributed by atoms with Crippen LogP contribution in [0, 0.1) is 11.7 Å². The summed E-state index contributed by atoms with van der Waals surface area (Å²) >= 11 is 3.17. The molecule has 1 aliphatic rings. The number of nitrogen functional groups attached to an aromatic ring is 1. The number of carbonyl (C=O) groups is 1. The molecule has 0 aliphatic heterocycles.